The van der Waals surface area contributed by atoms with E-state index in [1.807, 2.05) is 0 Å². The average Bonchev–Trinajstić information content (AvgIpc) is 3.64. The highest BCUT2D eigenvalue weighted by Gasteiger charge is 2.22. The van der Waals surface area contributed by atoms with Crippen LogP contribution in [0.5, 0.6) is 0 Å². The summed E-state index contributed by atoms with van der Waals surface area (Å²) < 4.78 is 9.31. The van der Waals surface area contributed by atoms with E-state index >= 15 is 0 Å². The van der Waals surface area contributed by atoms with Crippen LogP contribution in [0.4, 0.5) is 0 Å². The first kappa shape index (κ1) is 27.7. The summed E-state index contributed by atoms with van der Waals surface area (Å²) in [4.78, 5) is 0. The third kappa shape index (κ3) is 4.42. The molecular formula is C47H31NO. The first-order valence-electron chi connectivity index (χ1n) is 16.9. The number of aromatic nitrogens is 1. The van der Waals surface area contributed by atoms with E-state index in [0.717, 1.165) is 45.1 Å². The number of benzene rings is 7. The van der Waals surface area contributed by atoms with E-state index in [2.05, 4.69) is 181 Å². The Hall–Kier alpha value is -6.38. The van der Waals surface area contributed by atoms with Crippen LogP contribution in [0.25, 0.3) is 71.7 Å². The van der Waals surface area contributed by atoms with Crippen molar-refractivity contribution in [1.82, 2.24) is 4.57 Å². The lowest BCUT2D eigenvalue weighted by Crippen LogP contribution is -1.95. The molecule has 0 radical (unpaired) electrons. The van der Waals surface area contributed by atoms with Crippen LogP contribution in [0, 0.1) is 0 Å². The quantitative estimate of drug-likeness (QED) is 0.190. The number of fused-ring (bicyclic) bond motifs is 7. The molecule has 2 heterocycles. The van der Waals surface area contributed by atoms with Crippen molar-refractivity contribution >= 4 is 54.9 Å². The van der Waals surface area contributed by atoms with E-state index in [9.17, 15) is 0 Å². The fourth-order valence-corrected chi connectivity index (χ4v) is 7.80. The van der Waals surface area contributed by atoms with Gasteiger partial charge in [0.2, 0.25) is 0 Å². The molecule has 2 heteroatoms. The molecule has 49 heavy (non-hydrogen) atoms. The molecule has 9 aromatic rings. The van der Waals surface area contributed by atoms with E-state index in [4.69, 9.17) is 4.42 Å². The highest BCUT2D eigenvalue weighted by molar-refractivity contribution is 6.16. The van der Waals surface area contributed by atoms with Crippen molar-refractivity contribution in [2.45, 2.75) is 6.42 Å². The van der Waals surface area contributed by atoms with Crippen LogP contribution in [-0.2, 0) is 6.42 Å². The van der Waals surface area contributed by atoms with Crippen LogP contribution >= 0.6 is 0 Å². The number of furan rings is 1. The number of para-hydroxylation sites is 2. The number of hydrogen-bond donors (Lipinski definition) is 0. The molecular weight excluding hydrogens is 595 g/mol. The highest BCUT2D eigenvalue weighted by atomic mass is 16.3. The maximum atomic E-state index is 6.92. The fourth-order valence-electron chi connectivity index (χ4n) is 7.80. The molecule has 230 valence electrons. The summed E-state index contributed by atoms with van der Waals surface area (Å²) in [6.07, 6.45) is 5.61. The molecule has 1 aliphatic rings. The predicted octanol–water partition coefficient (Wildman–Crippen LogP) is 12.4. The molecule has 0 saturated carbocycles. The Morgan fingerprint density at radius 2 is 1.18 bits per heavy atom. The van der Waals surface area contributed by atoms with Crippen LogP contribution in [0.1, 0.15) is 22.3 Å². The Labute approximate surface area is 284 Å². The Balaban J connectivity index is 1.24. The molecule has 10 rings (SSSR count). The van der Waals surface area contributed by atoms with Crippen LogP contribution in [0.2, 0.25) is 0 Å². The second-order valence-corrected chi connectivity index (χ2v) is 12.8. The monoisotopic (exact) mass is 625 g/mol. The first-order valence-corrected chi connectivity index (χ1v) is 16.9. The van der Waals surface area contributed by atoms with Gasteiger partial charge in [0.1, 0.15) is 5.58 Å². The van der Waals surface area contributed by atoms with Crippen molar-refractivity contribution in [2.24, 2.45) is 0 Å². The first-order chi connectivity index (χ1) is 24.3. The van der Waals surface area contributed by atoms with Gasteiger partial charge in [0, 0.05) is 21.5 Å². The summed E-state index contributed by atoms with van der Waals surface area (Å²) in [7, 11) is 0. The number of allylic oxidation sites excluding steroid dienone is 3. The Morgan fingerprint density at radius 1 is 0.490 bits per heavy atom. The smallest absolute Gasteiger partial charge is 0.159 e. The minimum atomic E-state index is 0.880. The third-order valence-corrected chi connectivity index (χ3v) is 10.1. The maximum Gasteiger partial charge on any atom is 0.159 e. The van der Waals surface area contributed by atoms with Gasteiger partial charge in [0.05, 0.1) is 16.7 Å². The molecule has 0 unspecified atom stereocenters. The predicted molar refractivity (Wildman–Crippen MR) is 205 cm³/mol. The molecule has 0 fully saturated rings. The van der Waals surface area contributed by atoms with Gasteiger partial charge in [-0.15, -0.1) is 0 Å². The molecule has 2 nitrogen and oxygen atoms in total. The number of rotatable bonds is 4. The molecule has 1 aliphatic carbocycles. The minimum absolute atomic E-state index is 0.880. The second-order valence-electron chi connectivity index (χ2n) is 12.8. The summed E-state index contributed by atoms with van der Waals surface area (Å²) >= 11 is 0. The summed E-state index contributed by atoms with van der Waals surface area (Å²) in [6, 6.07) is 58.7. The summed E-state index contributed by atoms with van der Waals surface area (Å²) in [5.74, 6) is 0. The zero-order valence-corrected chi connectivity index (χ0v) is 26.8. The van der Waals surface area contributed by atoms with E-state index < -0.39 is 0 Å². The fraction of sp³-hybridized carbons (Fsp3) is 0.0213. The van der Waals surface area contributed by atoms with Gasteiger partial charge < -0.3 is 8.98 Å². The number of hydrogen-bond acceptors (Lipinski definition) is 1. The van der Waals surface area contributed by atoms with Gasteiger partial charge in [-0.1, -0.05) is 146 Å². The molecule has 0 saturated heterocycles. The molecule has 0 N–H and O–H groups in total. The van der Waals surface area contributed by atoms with Gasteiger partial charge >= 0.3 is 0 Å². The molecule has 2 aromatic heterocycles. The topological polar surface area (TPSA) is 18.1 Å². The Bertz CT molecular complexity index is 2780. The van der Waals surface area contributed by atoms with Crippen molar-refractivity contribution in [1.29, 1.82) is 0 Å². The lowest BCUT2D eigenvalue weighted by Gasteiger charge is -2.13. The van der Waals surface area contributed by atoms with Crippen LogP contribution < -0.4 is 0 Å². The molecule has 0 aliphatic heterocycles. The molecule has 7 aromatic carbocycles. The maximum absolute atomic E-state index is 6.92. The standard InChI is InChI=1S/C47H31NO/c1-3-13-31(14-4-1)34-26-25-33-17-7-8-18-36(33)41(29-34)39-20-12-24-45-46(39)40-21-11-23-43(47(40)49-45)48-42-22-10-9-19-37(42)38-28-27-35(30-44(38)48)32-15-5-2-6-16-32/h1-24,26-30H,25H2. The van der Waals surface area contributed by atoms with Crippen molar-refractivity contribution in [3.05, 3.63) is 198 Å². The van der Waals surface area contributed by atoms with Gasteiger partial charge in [0.25, 0.3) is 0 Å². The summed E-state index contributed by atoms with van der Waals surface area (Å²) in [6.45, 7) is 0. The van der Waals surface area contributed by atoms with Crippen molar-refractivity contribution < 1.29 is 4.42 Å². The lowest BCUT2D eigenvalue weighted by atomic mass is 9.90. The zero-order valence-electron chi connectivity index (χ0n) is 26.8. The molecule has 0 bridgehead atoms. The minimum Gasteiger partial charge on any atom is -0.454 e. The van der Waals surface area contributed by atoms with Gasteiger partial charge in [-0.05, 0) is 81.3 Å². The van der Waals surface area contributed by atoms with Crippen molar-refractivity contribution in [2.75, 3.05) is 0 Å². The second kappa shape index (κ2) is 11.1. The molecule has 0 amide bonds. The lowest BCUT2D eigenvalue weighted by molar-refractivity contribution is 0.666. The Morgan fingerprint density at radius 3 is 2.06 bits per heavy atom. The zero-order chi connectivity index (χ0) is 32.3. The largest absolute Gasteiger partial charge is 0.454 e. The normalized spacial score (nSPS) is 13.1. The van der Waals surface area contributed by atoms with Crippen LogP contribution in [0.3, 0.4) is 0 Å². The molecule has 0 spiro atoms. The van der Waals surface area contributed by atoms with E-state index in [-0.39, 0.29) is 0 Å². The molecule has 0 atom stereocenters. The average molecular weight is 626 g/mol. The number of nitrogens with zero attached hydrogens (tertiary/aromatic N) is 1. The van der Waals surface area contributed by atoms with Gasteiger partial charge in [-0.25, -0.2) is 0 Å². The van der Waals surface area contributed by atoms with Crippen molar-refractivity contribution in [3.8, 4) is 16.8 Å². The van der Waals surface area contributed by atoms with E-state index in [1.165, 1.54) is 55.3 Å². The van der Waals surface area contributed by atoms with E-state index in [1.54, 1.807) is 0 Å². The SMILES string of the molecule is C1=C(c2ccccc2)C=C(c2cccc3oc4c(-n5c6ccccc6c6ccc(-c7ccccc7)cc65)cccc4c23)c2ccccc2C1. The van der Waals surface area contributed by atoms with Gasteiger partial charge in [0.15, 0.2) is 5.58 Å². The van der Waals surface area contributed by atoms with Crippen LogP contribution in [-0.4, -0.2) is 4.57 Å². The van der Waals surface area contributed by atoms with Gasteiger partial charge in [-0.2, -0.15) is 0 Å². The van der Waals surface area contributed by atoms with Crippen molar-refractivity contribution in [3.63, 3.8) is 0 Å². The summed E-state index contributed by atoms with van der Waals surface area (Å²) in [5.41, 5.74) is 15.0. The van der Waals surface area contributed by atoms with Gasteiger partial charge in [-0.3, -0.25) is 0 Å². The summed E-state index contributed by atoms with van der Waals surface area (Å²) in [5, 5.41) is 4.71. The Kier molecular flexibility index (Phi) is 6.28. The van der Waals surface area contributed by atoms with E-state index in [0.29, 0.717) is 0 Å². The highest BCUT2D eigenvalue weighted by Crippen LogP contribution is 2.43. The van der Waals surface area contributed by atoms with Crippen LogP contribution in [0.15, 0.2) is 180 Å². The third-order valence-electron chi connectivity index (χ3n) is 10.1.